The highest BCUT2D eigenvalue weighted by Crippen LogP contribution is 1.99. The van der Waals surface area contributed by atoms with Crippen LogP contribution in [0.1, 0.15) is 10.5 Å². The normalized spacial score (nSPS) is 9.85. The minimum atomic E-state index is -0.386. The largest absolute Gasteiger partial charge is 0.302 e. The second kappa shape index (κ2) is 3.01. The molecule has 0 aliphatic rings. The third-order valence-electron chi connectivity index (χ3n) is 1.30. The van der Waals surface area contributed by atoms with Crippen LogP contribution in [0.5, 0.6) is 0 Å². The minimum Gasteiger partial charge on any atom is -0.302 e. The van der Waals surface area contributed by atoms with Gasteiger partial charge in [-0.05, 0) is 0 Å². The summed E-state index contributed by atoms with van der Waals surface area (Å²) < 4.78 is 0. The third-order valence-corrected chi connectivity index (χ3v) is 1.30. The fourth-order valence-corrected chi connectivity index (χ4v) is 0.753. The molecular weight excluding hydrogens is 174 g/mol. The molecule has 0 unspecified atom stereocenters. The summed E-state index contributed by atoms with van der Waals surface area (Å²) >= 11 is 0. The van der Waals surface area contributed by atoms with E-state index < -0.39 is 0 Å². The van der Waals surface area contributed by atoms with Crippen LogP contribution in [0.3, 0.4) is 0 Å². The number of hydrogen-bond donors (Lipinski definition) is 3. The van der Waals surface area contributed by atoms with Crippen LogP contribution >= 0.6 is 0 Å². The van der Waals surface area contributed by atoms with Crippen molar-refractivity contribution in [1.29, 1.82) is 0 Å². The monoisotopic (exact) mass is 179 g/mol. The zero-order chi connectivity index (χ0) is 9.10. The van der Waals surface area contributed by atoms with Gasteiger partial charge in [-0.15, -0.1) is 5.10 Å². The summed E-state index contributed by atoms with van der Waals surface area (Å²) in [6.07, 6.45) is 2.70. The van der Waals surface area contributed by atoms with Crippen LogP contribution in [-0.2, 0) is 0 Å². The van der Waals surface area contributed by atoms with Gasteiger partial charge in [0.1, 0.15) is 0 Å². The average Bonchev–Trinajstić information content (AvgIpc) is 2.74. The van der Waals surface area contributed by atoms with E-state index in [4.69, 9.17) is 0 Å². The fourth-order valence-electron chi connectivity index (χ4n) is 0.753. The lowest BCUT2D eigenvalue weighted by Gasteiger charge is -1.94. The molecule has 0 radical (unpaired) electrons. The van der Waals surface area contributed by atoms with Gasteiger partial charge in [-0.1, -0.05) is 0 Å². The first-order valence-corrected chi connectivity index (χ1v) is 3.39. The average molecular weight is 179 g/mol. The van der Waals surface area contributed by atoms with Gasteiger partial charge in [0.15, 0.2) is 11.5 Å². The number of nitrogens with zero attached hydrogens (tertiary/aromatic N) is 4. The second-order valence-corrected chi connectivity index (χ2v) is 2.16. The molecule has 0 aliphatic carbocycles. The van der Waals surface area contributed by atoms with Crippen LogP contribution in [0.15, 0.2) is 12.4 Å². The zero-order valence-electron chi connectivity index (χ0n) is 6.35. The molecule has 2 heterocycles. The highest BCUT2D eigenvalue weighted by atomic mass is 16.2. The van der Waals surface area contributed by atoms with E-state index in [0.29, 0.717) is 5.82 Å². The van der Waals surface area contributed by atoms with Gasteiger partial charge >= 0.3 is 0 Å². The first-order chi connectivity index (χ1) is 6.36. The topological polar surface area (TPSA) is 112 Å². The molecule has 0 saturated heterocycles. The Kier molecular flexibility index (Phi) is 1.71. The van der Waals surface area contributed by atoms with Crippen LogP contribution in [0, 0.1) is 0 Å². The Morgan fingerprint density at radius 2 is 2.00 bits per heavy atom. The second-order valence-electron chi connectivity index (χ2n) is 2.16. The summed E-state index contributed by atoms with van der Waals surface area (Å²) in [4.78, 5) is 11.3. The maximum Gasteiger partial charge on any atom is 0.279 e. The highest BCUT2D eigenvalue weighted by molar-refractivity contribution is 6.01. The molecule has 0 atom stereocenters. The van der Waals surface area contributed by atoms with Crippen LogP contribution in [0.4, 0.5) is 5.82 Å². The van der Waals surface area contributed by atoms with E-state index >= 15 is 0 Å². The van der Waals surface area contributed by atoms with Gasteiger partial charge in [0, 0.05) is 0 Å². The molecule has 2 rings (SSSR count). The molecule has 2 aromatic heterocycles. The Bertz CT molecular complexity index is 377. The molecule has 0 aliphatic heterocycles. The maximum atomic E-state index is 11.3. The standard InChI is InChI=1S/C5H5N7O/c13-5(3-1-6-11-9-3)8-4-2-7-12-10-4/h1-2H,(H,6,9,11)(H2,7,8,10,12,13). The van der Waals surface area contributed by atoms with E-state index in [2.05, 4.69) is 36.1 Å². The molecule has 0 aromatic carbocycles. The van der Waals surface area contributed by atoms with Gasteiger partial charge in [0.25, 0.3) is 5.91 Å². The summed E-state index contributed by atoms with van der Waals surface area (Å²) in [5.41, 5.74) is 0.197. The van der Waals surface area contributed by atoms with Gasteiger partial charge < -0.3 is 5.32 Å². The lowest BCUT2D eigenvalue weighted by Crippen LogP contribution is -2.12. The number of rotatable bonds is 2. The molecule has 0 spiro atoms. The summed E-state index contributed by atoms with van der Waals surface area (Å²) in [6.45, 7) is 0. The molecular formula is C5H5N7O. The molecule has 0 saturated carbocycles. The van der Waals surface area contributed by atoms with E-state index in [9.17, 15) is 4.79 Å². The predicted octanol–water partition coefficient (Wildman–Crippen LogP) is -0.825. The molecule has 0 fully saturated rings. The van der Waals surface area contributed by atoms with Crippen LogP contribution < -0.4 is 5.32 Å². The summed E-state index contributed by atoms with van der Waals surface area (Å²) in [5, 5.41) is 21.4. The quantitative estimate of drug-likeness (QED) is 0.557. The van der Waals surface area contributed by atoms with Crippen molar-refractivity contribution >= 4 is 11.7 Å². The van der Waals surface area contributed by atoms with Crippen molar-refractivity contribution in [1.82, 2.24) is 30.8 Å². The number of carbonyl (C=O) groups is 1. The number of anilines is 1. The van der Waals surface area contributed by atoms with E-state index in [0.717, 1.165) is 0 Å². The van der Waals surface area contributed by atoms with Gasteiger partial charge in [0.05, 0.1) is 12.4 Å². The Morgan fingerprint density at radius 1 is 1.23 bits per heavy atom. The first kappa shape index (κ1) is 7.40. The van der Waals surface area contributed by atoms with Crippen molar-refractivity contribution < 1.29 is 4.79 Å². The third kappa shape index (κ3) is 1.50. The number of aromatic nitrogens is 6. The molecule has 8 nitrogen and oxygen atoms in total. The van der Waals surface area contributed by atoms with Crippen molar-refractivity contribution in [3.05, 3.63) is 18.1 Å². The molecule has 0 bridgehead atoms. The fraction of sp³-hybridized carbons (Fsp3) is 0. The summed E-state index contributed by atoms with van der Waals surface area (Å²) in [5.74, 6) is -0.0457. The van der Waals surface area contributed by atoms with E-state index in [1.165, 1.54) is 12.4 Å². The number of aromatic amines is 2. The van der Waals surface area contributed by atoms with E-state index in [1.54, 1.807) is 0 Å². The lowest BCUT2D eigenvalue weighted by atomic mass is 10.4. The van der Waals surface area contributed by atoms with Crippen molar-refractivity contribution in [3.8, 4) is 0 Å². The van der Waals surface area contributed by atoms with Crippen LogP contribution in [0.2, 0.25) is 0 Å². The summed E-state index contributed by atoms with van der Waals surface area (Å²) in [6, 6.07) is 0. The Morgan fingerprint density at radius 3 is 2.62 bits per heavy atom. The molecule has 1 amide bonds. The van der Waals surface area contributed by atoms with E-state index in [1.807, 2.05) is 0 Å². The van der Waals surface area contributed by atoms with Crippen LogP contribution in [0.25, 0.3) is 0 Å². The molecule has 66 valence electrons. The van der Waals surface area contributed by atoms with Crippen molar-refractivity contribution in [3.63, 3.8) is 0 Å². The van der Waals surface area contributed by atoms with Gasteiger partial charge in [-0.3, -0.25) is 4.79 Å². The van der Waals surface area contributed by atoms with Crippen molar-refractivity contribution in [2.45, 2.75) is 0 Å². The number of nitrogens with one attached hydrogen (secondary N) is 3. The number of hydrogen-bond acceptors (Lipinski definition) is 5. The Balaban J connectivity index is 2.08. The van der Waals surface area contributed by atoms with E-state index in [-0.39, 0.29) is 11.6 Å². The highest BCUT2D eigenvalue weighted by Gasteiger charge is 2.09. The van der Waals surface area contributed by atoms with Gasteiger partial charge in [0.2, 0.25) is 0 Å². The number of amides is 1. The summed E-state index contributed by atoms with van der Waals surface area (Å²) in [7, 11) is 0. The van der Waals surface area contributed by atoms with Crippen molar-refractivity contribution in [2.75, 3.05) is 5.32 Å². The predicted molar refractivity (Wildman–Crippen MR) is 40.7 cm³/mol. The lowest BCUT2D eigenvalue weighted by molar-refractivity contribution is 0.102. The number of carbonyl (C=O) groups excluding carboxylic acids is 1. The molecule has 8 heteroatoms. The molecule has 2 aromatic rings. The minimum absolute atomic E-state index is 0.197. The van der Waals surface area contributed by atoms with Gasteiger partial charge in [-0.2, -0.15) is 25.7 Å². The Labute approximate surface area is 71.7 Å². The van der Waals surface area contributed by atoms with Crippen molar-refractivity contribution in [2.24, 2.45) is 0 Å². The maximum absolute atomic E-state index is 11.3. The molecule has 3 N–H and O–H groups in total. The molecule has 13 heavy (non-hydrogen) atoms. The van der Waals surface area contributed by atoms with Crippen LogP contribution in [-0.4, -0.2) is 36.7 Å². The Hall–Kier alpha value is -2.25. The first-order valence-electron chi connectivity index (χ1n) is 3.39. The van der Waals surface area contributed by atoms with Gasteiger partial charge in [-0.25, -0.2) is 0 Å². The zero-order valence-corrected chi connectivity index (χ0v) is 6.35. The number of H-pyrrole nitrogens is 2. The smallest absolute Gasteiger partial charge is 0.279 e. The SMILES string of the molecule is O=C(Nc1cn[nH]n1)c1cn[nH]n1.